The van der Waals surface area contributed by atoms with Crippen LogP contribution >= 0.6 is 0 Å². The molecular formula is C25H23FN4O4. The molecule has 2 aromatic heterocycles. The number of nitrogens with one attached hydrogen (secondary N) is 1. The molecule has 9 heteroatoms. The Bertz CT molecular complexity index is 1230. The molecule has 0 radical (unpaired) electrons. The topological polar surface area (TPSA) is 99.4 Å². The molecule has 0 atom stereocenters. The third-order valence-electron chi connectivity index (χ3n) is 4.78. The SMILES string of the molecule is CCOc1ccc(Oc2cc(CNC(=O)CCc3nc(-c4ccc(F)cc4)no3)ccn2)cc1. The van der Waals surface area contributed by atoms with Gasteiger partial charge in [0, 0.05) is 37.2 Å². The molecule has 0 spiro atoms. The van der Waals surface area contributed by atoms with Gasteiger partial charge in [-0.2, -0.15) is 4.98 Å². The summed E-state index contributed by atoms with van der Waals surface area (Å²) in [6.45, 7) is 2.85. The Kier molecular flexibility index (Phi) is 7.44. The molecule has 4 rings (SSSR count). The fourth-order valence-electron chi connectivity index (χ4n) is 3.09. The molecule has 1 N–H and O–H groups in total. The van der Waals surface area contributed by atoms with E-state index in [4.69, 9.17) is 14.0 Å². The Morgan fingerprint density at radius 2 is 1.82 bits per heavy atom. The van der Waals surface area contributed by atoms with Crippen molar-refractivity contribution in [3.63, 3.8) is 0 Å². The minimum atomic E-state index is -0.340. The summed E-state index contributed by atoms with van der Waals surface area (Å²) in [4.78, 5) is 20.7. The number of carbonyl (C=O) groups is 1. The van der Waals surface area contributed by atoms with Gasteiger partial charge in [-0.05, 0) is 67.1 Å². The first-order valence-electron chi connectivity index (χ1n) is 10.8. The van der Waals surface area contributed by atoms with E-state index in [1.807, 2.05) is 19.1 Å². The third-order valence-corrected chi connectivity index (χ3v) is 4.78. The van der Waals surface area contributed by atoms with Crippen LogP contribution in [0.2, 0.25) is 0 Å². The lowest BCUT2D eigenvalue weighted by Crippen LogP contribution is -2.23. The van der Waals surface area contributed by atoms with Gasteiger partial charge >= 0.3 is 0 Å². The molecule has 0 saturated heterocycles. The number of rotatable bonds is 10. The number of nitrogens with zero attached hydrogens (tertiary/aromatic N) is 3. The molecule has 0 aliphatic carbocycles. The van der Waals surface area contributed by atoms with Crippen LogP contribution < -0.4 is 14.8 Å². The third kappa shape index (κ3) is 6.38. The van der Waals surface area contributed by atoms with Crippen LogP contribution in [0.4, 0.5) is 4.39 Å². The molecule has 0 fully saturated rings. The van der Waals surface area contributed by atoms with E-state index in [2.05, 4.69) is 20.4 Å². The zero-order valence-electron chi connectivity index (χ0n) is 18.5. The highest BCUT2D eigenvalue weighted by Gasteiger charge is 2.11. The number of halogens is 1. The molecular weight excluding hydrogens is 439 g/mol. The summed E-state index contributed by atoms with van der Waals surface area (Å²) >= 11 is 0. The maximum atomic E-state index is 13.0. The predicted molar refractivity (Wildman–Crippen MR) is 122 cm³/mol. The number of hydrogen-bond acceptors (Lipinski definition) is 7. The quantitative estimate of drug-likeness (QED) is 0.364. The second-order valence-corrected chi connectivity index (χ2v) is 7.30. The minimum Gasteiger partial charge on any atom is -0.494 e. The van der Waals surface area contributed by atoms with Gasteiger partial charge < -0.3 is 19.3 Å². The first-order chi connectivity index (χ1) is 16.6. The Morgan fingerprint density at radius 3 is 2.59 bits per heavy atom. The van der Waals surface area contributed by atoms with Crippen molar-refractivity contribution in [2.75, 3.05) is 6.61 Å². The Morgan fingerprint density at radius 1 is 1.06 bits per heavy atom. The van der Waals surface area contributed by atoms with Crippen molar-refractivity contribution in [1.29, 1.82) is 0 Å². The van der Waals surface area contributed by atoms with E-state index in [1.165, 1.54) is 12.1 Å². The van der Waals surface area contributed by atoms with Crippen LogP contribution in [0.1, 0.15) is 24.8 Å². The standard InChI is InChI=1S/C25H23FN4O4/c1-2-32-20-7-9-21(10-8-20)33-24-15-17(13-14-27-24)16-28-22(31)11-12-23-29-25(30-34-23)18-3-5-19(26)6-4-18/h3-10,13-15H,2,11-12,16H2,1H3,(H,28,31). The summed E-state index contributed by atoms with van der Waals surface area (Å²) in [5.74, 6) is 2.02. The van der Waals surface area contributed by atoms with Crippen molar-refractivity contribution < 1.29 is 23.2 Å². The normalized spacial score (nSPS) is 10.6. The summed E-state index contributed by atoms with van der Waals surface area (Å²) in [6, 6.07) is 16.6. The molecule has 4 aromatic rings. The molecule has 0 bridgehead atoms. The van der Waals surface area contributed by atoms with Crippen molar-refractivity contribution in [2.45, 2.75) is 26.3 Å². The van der Waals surface area contributed by atoms with Crippen molar-refractivity contribution in [2.24, 2.45) is 0 Å². The molecule has 0 aliphatic heterocycles. The average molecular weight is 462 g/mol. The summed E-state index contributed by atoms with van der Waals surface area (Å²) in [7, 11) is 0. The van der Waals surface area contributed by atoms with E-state index < -0.39 is 0 Å². The molecule has 8 nitrogen and oxygen atoms in total. The Labute approximate surface area is 195 Å². The van der Waals surface area contributed by atoms with Gasteiger partial charge in [-0.1, -0.05) is 5.16 Å². The average Bonchev–Trinajstić information content (AvgIpc) is 3.33. The summed E-state index contributed by atoms with van der Waals surface area (Å²) < 4.78 is 29.4. The lowest BCUT2D eigenvalue weighted by Gasteiger charge is -2.09. The van der Waals surface area contributed by atoms with E-state index in [9.17, 15) is 9.18 Å². The minimum absolute atomic E-state index is 0.160. The monoisotopic (exact) mass is 462 g/mol. The fraction of sp³-hybridized carbons (Fsp3) is 0.200. The summed E-state index contributed by atoms with van der Waals surface area (Å²) in [5, 5.41) is 6.73. The van der Waals surface area contributed by atoms with Crippen LogP contribution in [-0.4, -0.2) is 27.6 Å². The van der Waals surface area contributed by atoms with Crippen LogP contribution in [0.5, 0.6) is 17.4 Å². The van der Waals surface area contributed by atoms with Gasteiger partial charge in [-0.25, -0.2) is 9.37 Å². The van der Waals surface area contributed by atoms with E-state index in [-0.39, 0.29) is 18.1 Å². The van der Waals surface area contributed by atoms with Gasteiger partial charge in [0.15, 0.2) is 0 Å². The molecule has 0 unspecified atom stereocenters. The maximum absolute atomic E-state index is 13.0. The van der Waals surface area contributed by atoms with Gasteiger partial charge in [0.25, 0.3) is 0 Å². The second-order valence-electron chi connectivity index (χ2n) is 7.30. The van der Waals surface area contributed by atoms with Crippen molar-refractivity contribution in [3.8, 4) is 28.8 Å². The largest absolute Gasteiger partial charge is 0.494 e. The van der Waals surface area contributed by atoms with E-state index in [1.54, 1.807) is 42.6 Å². The number of carbonyl (C=O) groups excluding carboxylic acids is 1. The highest BCUT2D eigenvalue weighted by molar-refractivity contribution is 5.76. The number of ether oxygens (including phenoxy) is 2. The van der Waals surface area contributed by atoms with E-state index in [0.29, 0.717) is 48.5 Å². The zero-order valence-corrected chi connectivity index (χ0v) is 18.5. The summed E-state index contributed by atoms with van der Waals surface area (Å²) in [5.41, 5.74) is 1.49. The van der Waals surface area contributed by atoms with Gasteiger partial charge in [0.2, 0.25) is 23.5 Å². The molecule has 174 valence electrons. The molecule has 2 aromatic carbocycles. The van der Waals surface area contributed by atoms with Crippen LogP contribution in [0.3, 0.4) is 0 Å². The lowest BCUT2D eigenvalue weighted by atomic mass is 10.2. The second kappa shape index (κ2) is 11.0. The first kappa shape index (κ1) is 22.9. The van der Waals surface area contributed by atoms with Gasteiger partial charge in [-0.15, -0.1) is 0 Å². The van der Waals surface area contributed by atoms with Crippen LogP contribution in [0.15, 0.2) is 71.4 Å². The van der Waals surface area contributed by atoms with Crippen molar-refractivity contribution in [1.82, 2.24) is 20.4 Å². The van der Waals surface area contributed by atoms with E-state index >= 15 is 0 Å². The smallest absolute Gasteiger partial charge is 0.227 e. The molecule has 0 aliphatic rings. The first-order valence-corrected chi connectivity index (χ1v) is 10.8. The number of hydrogen-bond donors (Lipinski definition) is 1. The lowest BCUT2D eigenvalue weighted by molar-refractivity contribution is -0.121. The molecule has 2 heterocycles. The number of pyridine rings is 1. The number of benzene rings is 2. The fourth-order valence-corrected chi connectivity index (χ4v) is 3.09. The van der Waals surface area contributed by atoms with Gasteiger partial charge in [0.05, 0.1) is 6.61 Å². The van der Waals surface area contributed by atoms with Crippen LogP contribution in [0, 0.1) is 5.82 Å². The van der Waals surface area contributed by atoms with Crippen LogP contribution in [0.25, 0.3) is 11.4 Å². The van der Waals surface area contributed by atoms with Crippen molar-refractivity contribution in [3.05, 3.63) is 84.1 Å². The molecule has 0 saturated carbocycles. The molecule has 34 heavy (non-hydrogen) atoms. The number of aryl methyl sites for hydroxylation is 1. The van der Waals surface area contributed by atoms with Gasteiger partial charge in [-0.3, -0.25) is 4.79 Å². The highest BCUT2D eigenvalue weighted by atomic mass is 19.1. The number of aromatic nitrogens is 3. The van der Waals surface area contributed by atoms with Crippen molar-refractivity contribution >= 4 is 5.91 Å². The zero-order chi connectivity index (χ0) is 23.8. The predicted octanol–water partition coefficient (Wildman–Crippen LogP) is 4.71. The maximum Gasteiger partial charge on any atom is 0.227 e. The van der Waals surface area contributed by atoms with Gasteiger partial charge in [0.1, 0.15) is 17.3 Å². The summed E-state index contributed by atoms with van der Waals surface area (Å²) in [6.07, 6.45) is 2.11. The van der Waals surface area contributed by atoms with Crippen LogP contribution in [-0.2, 0) is 17.8 Å². The Balaban J connectivity index is 1.25. The number of amides is 1. The Hall–Kier alpha value is -4.27. The van der Waals surface area contributed by atoms with E-state index in [0.717, 1.165) is 11.3 Å². The molecule has 1 amide bonds. The highest BCUT2D eigenvalue weighted by Crippen LogP contribution is 2.23.